The molecule has 1 aliphatic carbocycles. The fourth-order valence-electron chi connectivity index (χ4n) is 4.04. The van der Waals surface area contributed by atoms with Gasteiger partial charge in [0.25, 0.3) is 0 Å². The van der Waals surface area contributed by atoms with Gasteiger partial charge in [0.15, 0.2) is 5.16 Å². The highest BCUT2D eigenvalue weighted by Gasteiger charge is 2.19. The van der Waals surface area contributed by atoms with E-state index in [2.05, 4.69) is 20.5 Å². The number of aromatic nitrogens is 5. The minimum absolute atomic E-state index is 0.114. The van der Waals surface area contributed by atoms with Gasteiger partial charge < -0.3 is 11.1 Å². The summed E-state index contributed by atoms with van der Waals surface area (Å²) in [6, 6.07) is 7.55. The van der Waals surface area contributed by atoms with E-state index < -0.39 is 0 Å². The molecule has 3 N–H and O–H groups in total. The molecule has 0 radical (unpaired) electrons. The Labute approximate surface area is 193 Å². The molecular formula is C22H23N7OS2. The van der Waals surface area contributed by atoms with Crippen LogP contribution in [0.5, 0.6) is 0 Å². The zero-order chi connectivity index (χ0) is 22.1. The van der Waals surface area contributed by atoms with E-state index >= 15 is 0 Å². The van der Waals surface area contributed by atoms with Crippen molar-refractivity contribution in [1.29, 1.82) is 0 Å². The number of fused-ring (bicyclic) bond motifs is 3. The summed E-state index contributed by atoms with van der Waals surface area (Å²) in [7, 11) is 0. The number of nitrogens with one attached hydrogen (secondary N) is 1. The Bertz CT molecular complexity index is 1300. The Morgan fingerprint density at radius 1 is 1.25 bits per heavy atom. The SMILES string of the molecule is CC(=O)Nc1cccc(-n2cnnc2SCc2nc(N)c3c4c(sc3n2)CCCCC4)c1. The lowest BCUT2D eigenvalue weighted by molar-refractivity contribution is -0.114. The van der Waals surface area contributed by atoms with Crippen molar-refractivity contribution in [3.8, 4) is 5.69 Å². The number of amides is 1. The Hall–Kier alpha value is -2.98. The second-order valence-corrected chi connectivity index (χ2v) is 9.80. The summed E-state index contributed by atoms with van der Waals surface area (Å²) < 4.78 is 1.88. The number of carbonyl (C=O) groups is 1. The molecule has 5 rings (SSSR count). The third kappa shape index (κ3) is 4.20. The number of aryl methyl sites for hydroxylation is 2. The molecule has 164 valence electrons. The van der Waals surface area contributed by atoms with Crippen molar-refractivity contribution in [2.24, 2.45) is 0 Å². The predicted octanol–water partition coefficient (Wildman–Crippen LogP) is 4.37. The van der Waals surface area contributed by atoms with Gasteiger partial charge in [-0.05, 0) is 49.4 Å². The molecule has 0 saturated carbocycles. The molecule has 0 fully saturated rings. The fraction of sp³-hybridized carbons (Fsp3) is 0.318. The zero-order valence-corrected chi connectivity index (χ0v) is 19.3. The smallest absolute Gasteiger partial charge is 0.221 e. The summed E-state index contributed by atoms with van der Waals surface area (Å²) in [6.07, 6.45) is 7.54. The molecule has 3 heterocycles. The summed E-state index contributed by atoms with van der Waals surface area (Å²) in [5.74, 6) is 1.69. The van der Waals surface area contributed by atoms with Gasteiger partial charge in [-0.3, -0.25) is 9.36 Å². The zero-order valence-electron chi connectivity index (χ0n) is 17.7. The third-order valence-electron chi connectivity index (χ3n) is 5.43. The van der Waals surface area contributed by atoms with Crippen molar-refractivity contribution >= 4 is 50.7 Å². The van der Waals surface area contributed by atoms with E-state index in [1.54, 1.807) is 17.7 Å². The number of nitrogens with zero attached hydrogens (tertiary/aromatic N) is 5. The van der Waals surface area contributed by atoms with Gasteiger partial charge in [-0.15, -0.1) is 21.5 Å². The molecule has 1 amide bonds. The number of carbonyl (C=O) groups excluding carboxylic acids is 1. The number of rotatable bonds is 5. The van der Waals surface area contributed by atoms with Gasteiger partial charge in [0.05, 0.1) is 16.8 Å². The van der Waals surface area contributed by atoms with Crippen LogP contribution in [0.25, 0.3) is 15.9 Å². The standard InChI is InChI=1S/C22H23N7OS2/c1-13(30)25-14-6-5-7-15(10-14)29-12-24-28-22(29)31-11-18-26-20(23)19-16-8-3-2-4-9-17(16)32-21(19)27-18/h5-7,10,12H,2-4,8-9,11H2,1H3,(H,25,30)(H2,23,26,27). The van der Waals surface area contributed by atoms with Gasteiger partial charge in [-0.1, -0.05) is 24.2 Å². The summed E-state index contributed by atoms with van der Waals surface area (Å²) in [5, 5.41) is 12.9. The van der Waals surface area contributed by atoms with E-state index in [1.165, 1.54) is 48.4 Å². The molecule has 3 aromatic heterocycles. The van der Waals surface area contributed by atoms with E-state index in [0.717, 1.165) is 34.4 Å². The van der Waals surface area contributed by atoms with E-state index in [0.29, 0.717) is 22.6 Å². The number of anilines is 2. The molecule has 4 aromatic rings. The Morgan fingerprint density at radius 2 is 2.12 bits per heavy atom. The number of nitrogens with two attached hydrogens (primary N) is 1. The minimum atomic E-state index is -0.114. The van der Waals surface area contributed by atoms with Crippen LogP contribution in [0, 0.1) is 0 Å². The first-order valence-corrected chi connectivity index (χ1v) is 12.4. The maximum absolute atomic E-state index is 11.4. The number of hydrogen-bond donors (Lipinski definition) is 2. The largest absolute Gasteiger partial charge is 0.383 e. The molecular weight excluding hydrogens is 442 g/mol. The van der Waals surface area contributed by atoms with Crippen molar-refractivity contribution in [1.82, 2.24) is 24.7 Å². The lowest BCUT2D eigenvalue weighted by atomic mass is 10.1. The van der Waals surface area contributed by atoms with Crippen molar-refractivity contribution in [3.05, 3.63) is 46.9 Å². The second kappa shape index (κ2) is 8.87. The van der Waals surface area contributed by atoms with Crippen LogP contribution in [-0.2, 0) is 23.4 Å². The molecule has 10 heteroatoms. The highest BCUT2D eigenvalue weighted by Crippen LogP contribution is 2.37. The van der Waals surface area contributed by atoms with Gasteiger partial charge in [-0.2, -0.15) is 0 Å². The number of hydrogen-bond acceptors (Lipinski definition) is 8. The van der Waals surface area contributed by atoms with E-state index in [-0.39, 0.29) is 5.91 Å². The molecule has 0 atom stereocenters. The molecule has 32 heavy (non-hydrogen) atoms. The van der Waals surface area contributed by atoms with Crippen molar-refractivity contribution in [3.63, 3.8) is 0 Å². The van der Waals surface area contributed by atoms with Crippen LogP contribution in [-0.4, -0.2) is 30.6 Å². The normalized spacial score (nSPS) is 13.7. The number of thioether (sulfide) groups is 1. The van der Waals surface area contributed by atoms with Crippen molar-refractivity contribution < 1.29 is 4.79 Å². The lowest BCUT2D eigenvalue weighted by Gasteiger charge is -2.09. The number of thiophene rings is 1. The molecule has 0 saturated heterocycles. The summed E-state index contributed by atoms with van der Waals surface area (Å²) in [4.78, 5) is 23.2. The average molecular weight is 466 g/mol. The minimum Gasteiger partial charge on any atom is -0.383 e. The Kier molecular flexibility index (Phi) is 5.79. The van der Waals surface area contributed by atoms with E-state index in [1.807, 2.05) is 28.8 Å². The third-order valence-corrected chi connectivity index (χ3v) is 7.56. The topological polar surface area (TPSA) is 112 Å². The van der Waals surface area contributed by atoms with Gasteiger partial charge in [0.2, 0.25) is 5.91 Å². The monoisotopic (exact) mass is 465 g/mol. The highest BCUT2D eigenvalue weighted by molar-refractivity contribution is 7.98. The molecule has 0 bridgehead atoms. The molecule has 8 nitrogen and oxygen atoms in total. The predicted molar refractivity (Wildman–Crippen MR) is 128 cm³/mol. The molecule has 1 aliphatic rings. The molecule has 0 unspecified atom stereocenters. The first kappa shape index (κ1) is 20.9. The fourth-order valence-corrected chi connectivity index (χ4v) is 6.11. The first-order valence-electron chi connectivity index (χ1n) is 10.6. The Balaban J connectivity index is 1.38. The van der Waals surface area contributed by atoms with Crippen molar-refractivity contribution in [2.45, 2.75) is 49.9 Å². The lowest BCUT2D eigenvalue weighted by Crippen LogP contribution is -2.06. The van der Waals surface area contributed by atoms with Crippen LogP contribution < -0.4 is 11.1 Å². The van der Waals surface area contributed by atoms with Crippen LogP contribution in [0.3, 0.4) is 0 Å². The van der Waals surface area contributed by atoms with Crippen LogP contribution in [0.15, 0.2) is 35.7 Å². The van der Waals surface area contributed by atoms with Crippen molar-refractivity contribution in [2.75, 3.05) is 11.1 Å². The van der Waals surface area contributed by atoms with E-state index in [9.17, 15) is 4.79 Å². The maximum Gasteiger partial charge on any atom is 0.221 e. The van der Waals surface area contributed by atoms with E-state index in [4.69, 9.17) is 10.7 Å². The molecule has 1 aromatic carbocycles. The van der Waals surface area contributed by atoms with Crippen LogP contribution in [0.2, 0.25) is 0 Å². The highest BCUT2D eigenvalue weighted by atomic mass is 32.2. The second-order valence-electron chi connectivity index (χ2n) is 7.77. The van der Waals surface area contributed by atoms with Crippen LogP contribution in [0.4, 0.5) is 11.5 Å². The first-order chi connectivity index (χ1) is 15.6. The van der Waals surface area contributed by atoms with Crippen LogP contribution in [0.1, 0.15) is 42.5 Å². The number of nitrogen functional groups attached to an aromatic ring is 1. The molecule has 0 aliphatic heterocycles. The summed E-state index contributed by atoms with van der Waals surface area (Å²) in [6.45, 7) is 1.49. The molecule has 0 spiro atoms. The summed E-state index contributed by atoms with van der Waals surface area (Å²) in [5.41, 5.74) is 9.32. The van der Waals surface area contributed by atoms with Gasteiger partial charge >= 0.3 is 0 Å². The van der Waals surface area contributed by atoms with Gasteiger partial charge in [-0.25, -0.2) is 9.97 Å². The summed E-state index contributed by atoms with van der Waals surface area (Å²) >= 11 is 3.27. The van der Waals surface area contributed by atoms with Gasteiger partial charge in [0.1, 0.15) is 22.8 Å². The number of benzene rings is 1. The average Bonchev–Trinajstić information content (AvgIpc) is 3.30. The van der Waals surface area contributed by atoms with Gasteiger partial charge in [0, 0.05) is 17.5 Å². The maximum atomic E-state index is 11.4. The van der Waals surface area contributed by atoms with Crippen LogP contribution >= 0.6 is 23.1 Å². The quantitative estimate of drug-likeness (QED) is 0.332. The Morgan fingerprint density at radius 3 is 3.00 bits per heavy atom.